The summed E-state index contributed by atoms with van der Waals surface area (Å²) in [7, 11) is 0. The summed E-state index contributed by atoms with van der Waals surface area (Å²) in [6.45, 7) is 5.57. The number of benzene rings is 1. The zero-order valence-corrected chi connectivity index (χ0v) is 12.4. The van der Waals surface area contributed by atoms with E-state index >= 15 is 0 Å². The quantitative estimate of drug-likeness (QED) is 0.712. The van der Waals surface area contributed by atoms with Crippen molar-refractivity contribution >= 4 is 0 Å². The fourth-order valence-corrected chi connectivity index (χ4v) is 2.32. The van der Waals surface area contributed by atoms with Gasteiger partial charge in [-0.3, -0.25) is 5.32 Å². The minimum atomic E-state index is -0.797. The molecule has 0 saturated heterocycles. The Morgan fingerprint density at radius 3 is 2.40 bits per heavy atom. The first-order chi connectivity index (χ1) is 9.40. The molecule has 1 aromatic carbocycles. The summed E-state index contributed by atoms with van der Waals surface area (Å²) in [6.07, 6.45) is -0.425. The highest BCUT2D eigenvalue weighted by Gasteiger charge is 2.32. The third-order valence-electron chi connectivity index (χ3n) is 3.60. The summed E-state index contributed by atoms with van der Waals surface area (Å²) in [4.78, 5) is 0. The number of nitrogens with zero attached hydrogens (tertiary/aromatic N) is 1. The fraction of sp³-hybridized carbons (Fsp3) is 0.562. The third kappa shape index (κ3) is 4.61. The minimum absolute atomic E-state index is 0.0476. The van der Waals surface area contributed by atoms with Crippen molar-refractivity contribution in [3.05, 3.63) is 35.9 Å². The number of nitrogens with one attached hydrogen (secondary N) is 1. The third-order valence-corrected chi connectivity index (χ3v) is 3.60. The fourth-order valence-electron chi connectivity index (χ4n) is 2.32. The maximum atomic E-state index is 9.60. The van der Waals surface area contributed by atoms with E-state index < -0.39 is 17.6 Å². The molecule has 0 bridgehead atoms. The van der Waals surface area contributed by atoms with Crippen molar-refractivity contribution in [3.63, 3.8) is 0 Å². The van der Waals surface area contributed by atoms with Crippen LogP contribution in [0.4, 0.5) is 0 Å². The van der Waals surface area contributed by atoms with E-state index in [-0.39, 0.29) is 12.6 Å². The van der Waals surface area contributed by atoms with E-state index in [1.165, 1.54) is 0 Å². The van der Waals surface area contributed by atoms with Crippen LogP contribution in [0.3, 0.4) is 0 Å². The number of hydrogen-bond acceptors (Lipinski definition) is 4. The molecule has 1 aromatic rings. The van der Waals surface area contributed by atoms with Gasteiger partial charge in [-0.1, -0.05) is 44.2 Å². The van der Waals surface area contributed by atoms with Crippen molar-refractivity contribution < 1.29 is 10.2 Å². The summed E-state index contributed by atoms with van der Waals surface area (Å²) in [5.74, 6) is 0. The van der Waals surface area contributed by atoms with Gasteiger partial charge in [-0.05, 0) is 24.3 Å². The molecule has 3 atom stereocenters. The number of aliphatic hydroxyl groups excluding tert-OH is 2. The van der Waals surface area contributed by atoms with Crippen molar-refractivity contribution in [1.82, 2.24) is 5.32 Å². The van der Waals surface area contributed by atoms with Crippen molar-refractivity contribution in [1.29, 1.82) is 5.26 Å². The average molecular weight is 276 g/mol. The summed E-state index contributed by atoms with van der Waals surface area (Å²) in [6, 6.07) is 11.8. The maximum Gasteiger partial charge on any atom is 0.101 e. The summed E-state index contributed by atoms with van der Waals surface area (Å²) in [5, 5.41) is 31.2. The maximum absolute atomic E-state index is 9.60. The summed E-state index contributed by atoms with van der Waals surface area (Å²) >= 11 is 0. The highest BCUT2D eigenvalue weighted by molar-refractivity contribution is 5.19. The van der Waals surface area contributed by atoms with Gasteiger partial charge in [0, 0.05) is 6.04 Å². The number of aliphatic hydroxyl groups is 2. The zero-order chi connectivity index (χ0) is 15.2. The topological polar surface area (TPSA) is 76.3 Å². The van der Waals surface area contributed by atoms with Crippen LogP contribution in [0.25, 0.3) is 0 Å². The second-order valence-corrected chi connectivity index (χ2v) is 5.89. The van der Waals surface area contributed by atoms with Crippen LogP contribution in [-0.4, -0.2) is 29.0 Å². The monoisotopic (exact) mass is 276 g/mol. The first kappa shape index (κ1) is 16.6. The van der Waals surface area contributed by atoms with Crippen molar-refractivity contribution in [2.24, 2.45) is 5.41 Å². The molecule has 0 fully saturated rings. The van der Waals surface area contributed by atoms with Gasteiger partial charge in [-0.2, -0.15) is 5.26 Å². The van der Waals surface area contributed by atoms with E-state index in [9.17, 15) is 10.4 Å². The van der Waals surface area contributed by atoms with Gasteiger partial charge in [0.2, 0.25) is 0 Å². The van der Waals surface area contributed by atoms with E-state index in [0.717, 1.165) is 5.56 Å². The molecule has 0 aliphatic rings. The Bertz CT molecular complexity index is 440. The molecule has 0 spiro atoms. The van der Waals surface area contributed by atoms with Gasteiger partial charge < -0.3 is 10.2 Å². The molecule has 4 nitrogen and oxygen atoms in total. The molecule has 0 aliphatic carbocycles. The molecule has 1 rings (SSSR count). The molecule has 0 amide bonds. The van der Waals surface area contributed by atoms with E-state index in [2.05, 4.69) is 11.4 Å². The van der Waals surface area contributed by atoms with Crippen LogP contribution in [-0.2, 0) is 0 Å². The van der Waals surface area contributed by atoms with Crippen LogP contribution in [0.1, 0.15) is 38.8 Å². The van der Waals surface area contributed by atoms with Crippen molar-refractivity contribution in [2.75, 3.05) is 6.61 Å². The standard InChI is InChI=1S/C16H24N2O2/c1-12(13-7-5-4-6-8-13)18-15(10-17)16(2,3)9-14(20)11-19/h4-8,12,14-15,18-20H,9,11H2,1-3H3/t12?,14-,15+/m1/s1. The van der Waals surface area contributed by atoms with Crippen LogP contribution in [0.15, 0.2) is 30.3 Å². The molecule has 20 heavy (non-hydrogen) atoms. The molecule has 4 heteroatoms. The summed E-state index contributed by atoms with van der Waals surface area (Å²) in [5.41, 5.74) is 0.686. The molecule has 0 aliphatic heterocycles. The predicted octanol–water partition coefficient (Wildman–Crippen LogP) is 2.00. The summed E-state index contributed by atoms with van der Waals surface area (Å²) < 4.78 is 0. The Kier molecular flexibility index (Phi) is 6.15. The molecule has 110 valence electrons. The largest absolute Gasteiger partial charge is 0.394 e. The second-order valence-electron chi connectivity index (χ2n) is 5.89. The SMILES string of the molecule is CC(N[C@@H](C#N)C(C)(C)C[C@@H](O)CO)c1ccccc1. The number of nitriles is 1. The van der Waals surface area contributed by atoms with Gasteiger partial charge in [0.15, 0.2) is 0 Å². The van der Waals surface area contributed by atoms with E-state index in [0.29, 0.717) is 6.42 Å². The van der Waals surface area contributed by atoms with Crippen molar-refractivity contribution in [2.45, 2.75) is 45.4 Å². The molecular weight excluding hydrogens is 252 g/mol. The smallest absolute Gasteiger partial charge is 0.101 e. The molecule has 3 N–H and O–H groups in total. The Morgan fingerprint density at radius 2 is 1.90 bits per heavy atom. The second kappa shape index (κ2) is 7.39. The first-order valence-corrected chi connectivity index (χ1v) is 6.90. The van der Waals surface area contributed by atoms with E-state index in [4.69, 9.17) is 5.11 Å². The molecular formula is C16H24N2O2. The first-order valence-electron chi connectivity index (χ1n) is 6.90. The van der Waals surface area contributed by atoms with Crippen LogP contribution in [0.2, 0.25) is 0 Å². The molecule has 1 unspecified atom stereocenters. The van der Waals surface area contributed by atoms with Gasteiger partial charge in [0.1, 0.15) is 6.04 Å². The number of hydrogen-bond donors (Lipinski definition) is 3. The Balaban J connectivity index is 2.74. The zero-order valence-electron chi connectivity index (χ0n) is 12.4. The van der Waals surface area contributed by atoms with Gasteiger partial charge in [0.25, 0.3) is 0 Å². The van der Waals surface area contributed by atoms with E-state index in [1.54, 1.807) is 0 Å². The normalized spacial score (nSPS) is 16.2. The van der Waals surface area contributed by atoms with Gasteiger partial charge in [0.05, 0.1) is 18.8 Å². The van der Waals surface area contributed by atoms with Gasteiger partial charge >= 0.3 is 0 Å². The van der Waals surface area contributed by atoms with Crippen LogP contribution in [0, 0.1) is 16.7 Å². The minimum Gasteiger partial charge on any atom is -0.394 e. The average Bonchev–Trinajstić information content (AvgIpc) is 2.44. The van der Waals surface area contributed by atoms with E-state index in [1.807, 2.05) is 51.1 Å². The lowest BCUT2D eigenvalue weighted by molar-refractivity contribution is 0.0494. The lowest BCUT2D eigenvalue weighted by Crippen LogP contribution is -2.44. The van der Waals surface area contributed by atoms with Crippen molar-refractivity contribution in [3.8, 4) is 6.07 Å². The molecule has 0 radical (unpaired) electrons. The van der Waals surface area contributed by atoms with Crippen LogP contribution < -0.4 is 5.32 Å². The lowest BCUT2D eigenvalue weighted by atomic mass is 9.79. The predicted molar refractivity (Wildman–Crippen MR) is 78.9 cm³/mol. The number of rotatable bonds is 7. The highest BCUT2D eigenvalue weighted by atomic mass is 16.3. The van der Waals surface area contributed by atoms with Crippen LogP contribution in [0.5, 0.6) is 0 Å². The van der Waals surface area contributed by atoms with Gasteiger partial charge in [-0.15, -0.1) is 0 Å². The Hall–Kier alpha value is -1.41. The molecule has 0 aromatic heterocycles. The van der Waals surface area contributed by atoms with Crippen LogP contribution >= 0.6 is 0 Å². The molecule has 0 saturated carbocycles. The Morgan fingerprint density at radius 1 is 1.30 bits per heavy atom. The Labute approximate surface area is 121 Å². The lowest BCUT2D eigenvalue weighted by Gasteiger charge is -2.33. The van der Waals surface area contributed by atoms with Gasteiger partial charge in [-0.25, -0.2) is 0 Å². The highest BCUT2D eigenvalue weighted by Crippen LogP contribution is 2.28. The molecule has 0 heterocycles.